The third-order valence-electron chi connectivity index (χ3n) is 5.75. The number of nitrogens with one attached hydrogen (secondary N) is 3. The van der Waals surface area contributed by atoms with Crippen molar-refractivity contribution in [2.75, 3.05) is 18.4 Å². The van der Waals surface area contributed by atoms with Gasteiger partial charge in [-0.2, -0.15) is 4.98 Å². The quantitative estimate of drug-likeness (QED) is 0.444. The van der Waals surface area contributed by atoms with Gasteiger partial charge in [0.2, 0.25) is 0 Å². The van der Waals surface area contributed by atoms with Crippen LogP contribution >= 0.6 is 0 Å². The number of fused-ring (bicyclic) bond motifs is 2. The van der Waals surface area contributed by atoms with Crippen LogP contribution in [0.1, 0.15) is 43.7 Å². The molecule has 0 spiro atoms. The van der Waals surface area contributed by atoms with Crippen LogP contribution in [-0.4, -0.2) is 28.7 Å². The molecule has 5 N–H and O–H groups in total. The Morgan fingerprint density at radius 3 is 2.87 bits per heavy atom. The molecule has 0 bridgehead atoms. The minimum Gasteiger partial charge on any atom is -0.450 e. The van der Waals surface area contributed by atoms with Crippen molar-refractivity contribution in [2.45, 2.75) is 51.1 Å². The van der Waals surface area contributed by atoms with Gasteiger partial charge in [-0.3, -0.25) is 4.57 Å². The van der Waals surface area contributed by atoms with Crippen LogP contribution in [0.4, 0.5) is 11.5 Å². The van der Waals surface area contributed by atoms with Gasteiger partial charge in [0.1, 0.15) is 0 Å². The summed E-state index contributed by atoms with van der Waals surface area (Å²) in [6.45, 7) is 7.41. The Hall–Kier alpha value is -3.00. The number of nitrogens with two attached hydrogens (primary N) is 1. The number of hydrogen-bond donors (Lipinski definition) is 4. The zero-order valence-electron chi connectivity index (χ0n) is 17.4. The van der Waals surface area contributed by atoms with E-state index in [1.807, 2.05) is 31.3 Å². The van der Waals surface area contributed by atoms with Gasteiger partial charge >= 0.3 is 5.69 Å². The van der Waals surface area contributed by atoms with E-state index in [1.165, 1.54) is 0 Å². The highest BCUT2D eigenvalue weighted by atomic mass is 16.5. The van der Waals surface area contributed by atoms with Crippen molar-refractivity contribution in [3.05, 3.63) is 52.8 Å². The molecule has 4 rings (SSSR count). The molecule has 160 valence electrons. The largest absolute Gasteiger partial charge is 0.450 e. The molecule has 1 saturated carbocycles. The van der Waals surface area contributed by atoms with Gasteiger partial charge in [-0.1, -0.05) is 12.6 Å². The van der Waals surface area contributed by atoms with Crippen LogP contribution in [0.5, 0.6) is 11.5 Å². The Kier molecular flexibility index (Phi) is 5.94. The maximum absolute atomic E-state index is 12.7. The van der Waals surface area contributed by atoms with Gasteiger partial charge in [-0.25, -0.2) is 4.79 Å². The molecule has 30 heavy (non-hydrogen) atoms. The van der Waals surface area contributed by atoms with E-state index in [-0.39, 0.29) is 11.7 Å². The summed E-state index contributed by atoms with van der Waals surface area (Å²) in [7, 11) is 0. The van der Waals surface area contributed by atoms with Crippen LogP contribution in [0.25, 0.3) is 0 Å². The molecule has 8 heteroatoms. The summed E-state index contributed by atoms with van der Waals surface area (Å²) in [5.74, 6) is 2.34. The van der Waals surface area contributed by atoms with Gasteiger partial charge in [0.15, 0.2) is 17.3 Å². The van der Waals surface area contributed by atoms with Crippen molar-refractivity contribution < 1.29 is 4.74 Å². The zero-order valence-corrected chi connectivity index (χ0v) is 17.4. The Morgan fingerprint density at radius 2 is 2.10 bits per heavy atom. The lowest BCUT2D eigenvalue weighted by molar-refractivity contribution is 0.282. The van der Waals surface area contributed by atoms with Crippen molar-refractivity contribution in [2.24, 2.45) is 5.73 Å². The van der Waals surface area contributed by atoms with E-state index in [0.717, 1.165) is 62.2 Å². The number of benzene rings is 1. The van der Waals surface area contributed by atoms with E-state index in [9.17, 15) is 4.79 Å². The van der Waals surface area contributed by atoms with Crippen molar-refractivity contribution in [1.82, 2.24) is 20.2 Å². The second kappa shape index (κ2) is 8.79. The van der Waals surface area contributed by atoms with Gasteiger partial charge in [0.05, 0.1) is 17.7 Å². The van der Waals surface area contributed by atoms with E-state index in [4.69, 9.17) is 10.5 Å². The first-order chi connectivity index (χ1) is 14.5. The highest BCUT2D eigenvalue weighted by molar-refractivity contribution is 5.72. The Labute approximate surface area is 176 Å². The van der Waals surface area contributed by atoms with E-state index >= 15 is 0 Å². The predicted octanol–water partition coefficient (Wildman–Crippen LogP) is 2.88. The number of nitrogens with zero attached hydrogens (tertiary/aromatic N) is 2. The third-order valence-corrected chi connectivity index (χ3v) is 5.75. The van der Waals surface area contributed by atoms with E-state index < -0.39 is 0 Å². The van der Waals surface area contributed by atoms with E-state index in [2.05, 4.69) is 27.5 Å². The Morgan fingerprint density at radius 1 is 1.30 bits per heavy atom. The molecule has 0 saturated heterocycles. The van der Waals surface area contributed by atoms with Crippen molar-refractivity contribution in [1.29, 1.82) is 0 Å². The molecule has 1 aromatic heterocycles. The highest BCUT2D eigenvalue weighted by Crippen LogP contribution is 2.41. The zero-order chi connectivity index (χ0) is 21.1. The monoisotopic (exact) mass is 410 g/mol. The standard InChI is InChI=1S/C22H30N6O2/c1-14-4-9-19-18(12-14)26-21-20(30-19)13-28(22(29)27-21)17-7-5-16(6-8-17)25-11-3-10-24-15(2)23/h4,9,12-13,16-17,24-25H,2-3,5-8,10-11,23H2,1H3,(H,26,27,29). The molecule has 2 heterocycles. The van der Waals surface area contributed by atoms with Crippen molar-refractivity contribution in [3.63, 3.8) is 0 Å². The smallest absolute Gasteiger partial charge is 0.350 e. The summed E-state index contributed by atoms with van der Waals surface area (Å²) < 4.78 is 7.76. The van der Waals surface area contributed by atoms with Crippen LogP contribution < -0.4 is 32.1 Å². The average molecular weight is 411 g/mol. The molecule has 0 amide bonds. The summed E-state index contributed by atoms with van der Waals surface area (Å²) >= 11 is 0. The number of aryl methyl sites for hydroxylation is 1. The van der Waals surface area contributed by atoms with Gasteiger partial charge in [0, 0.05) is 18.6 Å². The lowest BCUT2D eigenvalue weighted by Crippen LogP contribution is -2.37. The normalized spacial score (nSPS) is 19.8. The fourth-order valence-electron chi connectivity index (χ4n) is 4.16. The lowest BCUT2D eigenvalue weighted by Gasteiger charge is -2.31. The number of rotatable bonds is 7. The molecular formula is C22H30N6O2. The Bertz CT molecular complexity index is 978. The number of aromatic nitrogens is 2. The lowest BCUT2D eigenvalue weighted by atomic mass is 9.91. The fourth-order valence-corrected chi connectivity index (χ4v) is 4.16. The highest BCUT2D eigenvalue weighted by Gasteiger charge is 2.26. The van der Waals surface area contributed by atoms with Gasteiger partial charge in [-0.15, -0.1) is 0 Å². The second-order valence-electron chi connectivity index (χ2n) is 8.14. The molecule has 1 aromatic carbocycles. The SMILES string of the molecule is C=C(N)NCCCNC1CCC(n2cc3c(nc2=O)Nc2cc(C)ccc2O3)CC1. The van der Waals surface area contributed by atoms with E-state index in [0.29, 0.717) is 23.4 Å². The van der Waals surface area contributed by atoms with Gasteiger partial charge < -0.3 is 26.4 Å². The number of anilines is 2. The first-order valence-electron chi connectivity index (χ1n) is 10.6. The first kappa shape index (κ1) is 20.3. The molecule has 1 aliphatic carbocycles. The molecule has 0 atom stereocenters. The molecule has 1 aliphatic heterocycles. The van der Waals surface area contributed by atoms with Crippen molar-refractivity contribution >= 4 is 11.5 Å². The summed E-state index contributed by atoms with van der Waals surface area (Å²) in [6, 6.07) is 6.56. The molecule has 2 aliphatic rings. The molecule has 2 aromatic rings. The van der Waals surface area contributed by atoms with Gasteiger partial charge in [-0.05, 0) is 63.3 Å². The van der Waals surface area contributed by atoms with Crippen LogP contribution in [0.3, 0.4) is 0 Å². The molecule has 0 unspecified atom stereocenters. The topological polar surface area (TPSA) is 106 Å². The summed E-state index contributed by atoms with van der Waals surface area (Å²) in [5, 5.41) is 9.85. The third kappa shape index (κ3) is 4.59. The maximum atomic E-state index is 12.7. The number of ether oxygens (including phenoxy) is 1. The first-order valence-corrected chi connectivity index (χ1v) is 10.6. The molecule has 8 nitrogen and oxygen atoms in total. The van der Waals surface area contributed by atoms with Crippen LogP contribution in [0, 0.1) is 6.92 Å². The minimum absolute atomic E-state index is 0.151. The minimum atomic E-state index is -0.231. The maximum Gasteiger partial charge on any atom is 0.350 e. The predicted molar refractivity (Wildman–Crippen MR) is 118 cm³/mol. The van der Waals surface area contributed by atoms with E-state index in [1.54, 1.807) is 4.57 Å². The summed E-state index contributed by atoms with van der Waals surface area (Å²) in [6.07, 6.45) is 6.76. The van der Waals surface area contributed by atoms with Crippen LogP contribution in [-0.2, 0) is 0 Å². The van der Waals surface area contributed by atoms with Crippen molar-refractivity contribution in [3.8, 4) is 11.5 Å². The van der Waals surface area contributed by atoms with Crippen LogP contribution in [0.2, 0.25) is 0 Å². The molecule has 1 fully saturated rings. The molecular weight excluding hydrogens is 380 g/mol. The fraction of sp³-hybridized carbons (Fsp3) is 0.455. The number of hydrogen-bond acceptors (Lipinski definition) is 7. The summed E-state index contributed by atoms with van der Waals surface area (Å²) in [4.78, 5) is 16.9. The van der Waals surface area contributed by atoms with Crippen LogP contribution in [0.15, 0.2) is 41.6 Å². The molecule has 0 radical (unpaired) electrons. The average Bonchev–Trinajstić information content (AvgIpc) is 2.72. The van der Waals surface area contributed by atoms with Gasteiger partial charge in [0.25, 0.3) is 0 Å². The second-order valence-corrected chi connectivity index (χ2v) is 8.14. The summed E-state index contributed by atoms with van der Waals surface area (Å²) in [5.41, 5.74) is 7.23. The Balaban J connectivity index is 1.35.